The Kier molecular flexibility index (Phi) is 1.93. The van der Waals surface area contributed by atoms with Gasteiger partial charge in [0, 0.05) is 0 Å². The van der Waals surface area contributed by atoms with Crippen LogP contribution in [0.1, 0.15) is 19.8 Å². The van der Waals surface area contributed by atoms with Gasteiger partial charge in [0.1, 0.15) is 0 Å². The summed E-state index contributed by atoms with van der Waals surface area (Å²) >= 11 is 3.91. The molecule has 0 aromatic carbocycles. The second kappa shape index (κ2) is 2.52. The Hall–Kier alpha value is -0.000519. The molecular weight excluding hydrogens is 140 g/mol. The number of rotatable bonds is 1. The molecule has 0 aliphatic heterocycles. The second-order valence-corrected chi connectivity index (χ2v) is 2.54. The first-order valence-electron chi connectivity index (χ1n) is 2.87. The van der Waals surface area contributed by atoms with Gasteiger partial charge in [0.25, 0.3) is 0 Å². The topological polar surface area (TPSA) is 0 Å². The van der Waals surface area contributed by atoms with Crippen LogP contribution in [0.5, 0.6) is 0 Å². The van der Waals surface area contributed by atoms with E-state index in [4.69, 9.17) is 0 Å². The molecule has 0 nitrogen and oxygen atoms in total. The monoisotopic (exact) mass is 149 g/mol. The van der Waals surface area contributed by atoms with Crippen molar-refractivity contribution < 1.29 is 16.0 Å². The van der Waals surface area contributed by atoms with Gasteiger partial charge in [-0.15, -0.1) is 0 Å². The molecule has 0 saturated heterocycles. The summed E-state index contributed by atoms with van der Waals surface area (Å²) in [5.74, 6) is 0. The fourth-order valence-corrected chi connectivity index (χ4v) is 1.24. The van der Waals surface area contributed by atoms with E-state index in [0.717, 1.165) is 12.8 Å². The van der Waals surface area contributed by atoms with Crippen LogP contribution >= 0.6 is 0 Å². The van der Waals surface area contributed by atoms with Gasteiger partial charge in [-0.3, -0.25) is 0 Å². The third kappa shape index (κ3) is 1.04. The van der Waals surface area contributed by atoms with E-state index in [1.54, 1.807) is 0 Å². The van der Waals surface area contributed by atoms with E-state index in [2.05, 4.69) is 35.1 Å². The summed E-state index contributed by atoms with van der Waals surface area (Å²) < 4.78 is 1.30. The first-order chi connectivity index (χ1) is 3.84. The molecule has 0 saturated carbocycles. The molecule has 0 radical (unpaired) electrons. The fourth-order valence-electron chi connectivity index (χ4n) is 0.827. The Labute approximate surface area is 58.5 Å². The van der Waals surface area contributed by atoms with Crippen molar-refractivity contribution in [3.05, 3.63) is 22.2 Å². The van der Waals surface area contributed by atoms with Gasteiger partial charge < -0.3 is 0 Å². The maximum atomic E-state index is 3.91. The van der Waals surface area contributed by atoms with Crippen molar-refractivity contribution in [1.29, 1.82) is 0 Å². The molecule has 45 valence electrons. The van der Waals surface area contributed by atoms with Crippen molar-refractivity contribution >= 4 is 0 Å². The van der Waals surface area contributed by atoms with E-state index >= 15 is 0 Å². The van der Waals surface area contributed by atoms with Gasteiger partial charge in [0.2, 0.25) is 0 Å². The van der Waals surface area contributed by atoms with Crippen LogP contribution in [-0.4, -0.2) is 0 Å². The van der Waals surface area contributed by atoms with Crippen LogP contribution in [0, 0.1) is 0 Å². The van der Waals surface area contributed by atoms with Crippen molar-refractivity contribution in [2.75, 3.05) is 0 Å². The maximum absolute atomic E-state index is 3.91. The average molecular weight is 149 g/mol. The number of hydrogen-bond donors (Lipinski definition) is 0. The zero-order chi connectivity index (χ0) is 5.98. The molecule has 0 amide bonds. The molecule has 0 aromatic rings. The first-order valence-corrected chi connectivity index (χ1v) is 3.42. The summed E-state index contributed by atoms with van der Waals surface area (Å²) in [6.07, 6.45) is 6.54. The van der Waals surface area contributed by atoms with Crippen molar-refractivity contribution in [3.63, 3.8) is 0 Å². The Balaban J connectivity index is 2.70. The Morgan fingerprint density at radius 2 is 2.50 bits per heavy atom. The molecule has 1 aliphatic carbocycles. The van der Waals surface area contributed by atoms with Gasteiger partial charge in [-0.05, 0) is 0 Å². The third-order valence-electron chi connectivity index (χ3n) is 1.33. The van der Waals surface area contributed by atoms with Crippen LogP contribution in [0.3, 0.4) is 0 Å². The summed E-state index contributed by atoms with van der Waals surface area (Å²) in [6, 6.07) is 0. The molecular formula is C7H9Fe. The van der Waals surface area contributed by atoms with Crippen molar-refractivity contribution in [2.24, 2.45) is 0 Å². The molecule has 0 bridgehead atoms. The van der Waals surface area contributed by atoms with Crippen LogP contribution in [0.4, 0.5) is 0 Å². The van der Waals surface area contributed by atoms with Crippen LogP contribution in [-0.2, 0) is 16.0 Å². The van der Waals surface area contributed by atoms with Crippen LogP contribution in [0.15, 0.2) is 22.2 Å². The molecule has 0 N–H and O–H groups in total. The Morgan fingerprint density at radius 3 is 2.75 bits per heavy atom. The minimum absolute atomic E-state index is 1.07. The van der Waals surface area contributed by atoms with Crippen molar-refractivity contribution in [1.82, 2.24) is 0 Å². The van der Waals surface area contributed by atoms with Gasteiger partial charge in [-0.2, -0.15) is 0 Å². The van der Waals surface area contributed by atoms with E-state index in [0.29, 0.717) is 0 Å². The molecule has 0 aromatic heterocycles. The molecule has 0 fully saturated rings. The van der Waals surface area contributed by atoms with Gasteiger partial charge in [0.05, 0.1) is 0 Å². The van der Waals surface area contributed by atoms with E-state index in [-0.39, 0.29) is 0 Å². The van der Waals surface area contributed by atoms with Crippen molar-refractivity contribution in [3.8, 4) is 0 Å². The summed E-state index contributed by atoms with van der Waals surface area (Å²) in [7, 11) is 0. The van der Waals surface area contributed by atoms with E-state index in [1.165, 1.54) is 10.0 Å². The molecule has 8 heavy (non-hydrogen) atoms. The molecule has 1 rings (SSSR count). The van der Waals surface area contributed by atoms with Crippen LogP contribution < -0.4 is 0 Å². The van der Waals surface area contributed by atoms with E-state index in [9.17, 15) is 0 Å². The van der Waals surface area contributed by atoms with Gasteiger partial charge in [-0.25, -0.2) is 0 Å². The minimum atomic E-state index is 1.07. The van der Waals surface area contributed by atoms with E-state index in [1.807, 2.05) is 0 Å². The molecule has 1 heteroatoms. The number of allylic oxidation sites excluding steroid dienone is 4. The summed E-state index contributed by atoms with van der Waals surface area (Å²) in [5.41, 5.74) is 1.42. The zero-order valence-corrected chi connectivity index (χ0v) is 6.03. The summed E-state index contributed by atoms with van der Waals surface area (Å²) in [6.45, 7) is 2.16. The predicted molar refractivity (Wildman–Crippen MR) is 31.1 cm³/mol. The Bertz CT molecular complexity index is 142. The quantitative estimate of drug-likeness (QED) is 0.501. The molecule has 1 aliphatic rings. The van der Waals surface area contributed by atoms with Crippen molar-refractivity contribution in [2.45, 2.75) is 19.8 Å². The zero-order valence-electron chi connectivity index (χ0n) is 4.92. The van der Waals surface area contributed by atoms with Gasteiger partial charge >= 0.3 is 58.0 Å². The van der Waals surface area contributed by atoms with E-state index < -0.39 is 0 Å². The van der Waals surface area contributed by atoms with Crippen LogP contribution in [0.25, 0.3) is 0 Å². The fraction of sp³-hybridized carbons (Fsp3) is 0.429. The molecule has 0 heterocycles. The van der Waals surface area contributed by atoms with Gasteiger partial charge in [-0.1, -0.05) is 0 Å². The normalized spacial score (nSPS) is 18.2. The van der Waals surface area contributed by atoms with Crippen LogP contribution in [0.2, 0.25) is 0 Å². The standard InChI is InChI=1S/C7H9.Fe/c1-2-7-5-3-4-6-7;/h3,5H,2,4H2,1H3;. The number of hydrogen-bond acceptors (Lipinski definition) is 0. The first kappa shape index (κ1) is 6.12. The Morgan fingerprint density at radius 1 is 1.75 bits per heavy atom. The molecule has 0 atom stereocenters. The third-order valence-corrected chi connectivity index (χ3v) is 1.91. The SMILES string of the molecule is CCC1=[C]([Fe])CC=C1. The summed E-state index contributed by atoms with van der Waals surface area (Å²) in [4.78, 5) is 0. The second-order valence-electron chi connectivity index (χ2n) is 1.88. The summed E-state index contributed by atoms with van der Waals surface area (Å²) in [5, 5.41) is 0. The molecule has 0 spiro atoms. The van der Waals surface area contributed by atoms with Gasteiger partial charge in [0.15, 0.2) is 0 Å². The molecule has 0 unspecified atom stereocenters. The average Bonchev–Trinajstić information content (AvgIpc) is 2.14. The predicted octanol–water partition coefficient (Wildman–Crippen LogP) is 2.16.